The van der Waals surface area contributed by atoms with Crippen LogP contribution in [0, 0.1) is 0 Å². The van der Waals surface area contributed by atoms with E-state index in [0.29, 0.717) is 4.90 Å². The van der Waals surface area contributed by atoms with Crippen LogP contribution in [0.1, 0.15) is 18.4 Å². The predicted molar refractivity (Wildman–Crippen MR) is 74.8 cm³/mol. The maximum absolute atomic E-state index is 12.1. The first-order valence-corrected chi connectivity index (χ1v) is 6.67. The highest BCUT2D eigenvalue weighted by Crippen LogP contribution is 2.23. The molecule has 22 heavy (non-hydrogen) atoms. The van der Waals surface area contributed by atoms with E-state index in [1.54, 1.807) is 24.3 Å². The number of benzene rings is 1. The normalized spacial score (nSPS) is 17.5. The van der Waals surface area contributed by atoms with Crippen molar-refractivity contribution in [3.63, 3.8) is 0 Å². The van der Waals surface area contributed by atoms with Crippen molar-refractivity contribution >= 4 is 18.0 Å². The molecule has 0 aromatic heterocycles. The van der Waals surface area contributed by atoms with Crippen LogP contribution in [-0.2, 0) is 20.9 Å². The number of rotatable bonds is 4. The number of nitrogens with zero attached hydrogens (tertiary/aromatic N) is 1. The van der Waals surface area contributed by atoms with E-state index >= 15 is 0 Å². The van der Waals surface area contributed by atoms with Gasteiger partial charge in [0.2, 0.25) is 0 Å². The Labute approximate surface area is 126 Å². The molecule has 2 N–H and O–H groups in total. The summed E-state index contributed by atoms with van der Waals surface area (Å²) in [6.07, 6.45) is 0.767. The molecule has 0 saturated heterocycles. The third-order valence-corrected chi connectivity index (χ3v) is 3.26. The fraction of sp³-hybridized carbons (Fsp3) is 0.267. The Bertz CT molecular complexity index is 610. The molecule has 0 saturated carbocycles. The van der Waals surface area contributed by atoms with Gasteiger partial charge < -0.3 is 14.9 Å². The molecule has 0 bridgehead atoms. The van der Waals surface area contributed by atoms with E-state index < -0.39 is 24.1 Å². The number of amides is 1. The van der Waals surface area contributed by atoms with Gasteiger partial charge in [-0.1, -0.05) is 36.4 Å². The zero-order chi connectivity index (χ0) is 16.1. The van der Waals surface area contributed by atoms with Crippen LogP contribution in [-0.4, -0.2) is 39.2 Å². The maximum atomic E-state index is 12.1. The summed E-state index contributed by atoms with van der Waals surface area (Å²) in [6.45, 7) is -0.0601. The molecule has 7 heteroatoms. The van der Waals surface area contributed by atoms with Gasteiger partial charge in [0.05, 0.1) is 0 Å². The number of ether oxygens (including phenoxy) is 1. The molecule has 1 atom stereocenters. The van der Waals surface area contributed by atoms with Gasteiger partial charge >= 0.3 is 18.0 Å². The molecule has 0 aliphatic carbocycles. The Hall–Kier alpha value is -2.83. The lowest BCUT2D eigenvalue weighted by Gasteiger charge is -2.31. The molecular formula is C15H15NO6. The van der Waals surface area contributed by atoms with E-state index in [0.717, 1.165) is 5.56 Å². The lowest BCUT2D eigenvalue weighted by atomic mass is 10.0. The average molecular weight is 305 g/mol. The van der Waals surface area contributed by atoms with Gasteiger partial charge in [-0.2, -0.15) is 0 Å². The molecule has 0 spiro atoms. The Morgan fingerprint density at radius 2 is 1.86 bits per heavy atom. The molecule has 0 fully saturated rings. The molecule has 1 heterocycles. The summed E-state index contributed by atoms with van der Waals surface area (Å²) in [4.78, 5) is 35.3. The van der Waals surface area contributed by atoms with Crippen LogP contribution in [0.4, 0.5) is 4.79 Å². The first-order valence-electron chi connectivity index (χ1n) is 6.67. The first kappa shape index (κ1) is 15.6. The first-order chi connectivity index (χ1) is 10.5. The van der Waals surface area contributed by atoms with Crippen molar-refractivity contribution in [1.29, 1.82) is 0 Å². The molecule has 1 amide bonds. The van der Waals surface area contributed by atoms with Crippen LogP contribution in [0.2, 0.25) is 0 Å². The monoisotopic (exact) mass is 305 g/mol. The zero-order valence-electron chi connectivity index (χ0n) is 11.6. The Kier molecular flexibility index (Phi) is 4.77. The topological polar surface area (TPSA) is 104 Å². The zero-order valence-corrected chi connectivity index (χ0v) is 11.6. The van der Waals surface area contributed by atoms with Crippen molar-refractivity contribution in [1.82, 2.24) is 4.90 Å². The van der Waals surface area contributed by atoms with Crippen molar-refractivity contribution in [2.75, 3.05) is 0 Å². The van der Waals surface area contributed by atoms with E-state index in [1.807, 2.05) is 6.07 Å². The second-order valence-electron chi connectivity index (χ2n) is 4.74. The lowest BCUT2D eigenvalue weighted by Crippen LogP contribution is -2.48. The Morgan fingerprint density at radius 3 is 2.45 bits per heavy atom. The van der Waals surface area contributed by atoms with Crippen molar-refractivity contribution in [3.8, 4) is 0 Å². The molecule has 1 aliphatic rings. The van der Waals surface area contributed by atoms with Gasteiger partial charge in [0.15, 0.2) is 0 Å². The van der Waals surface area contributed by atoms with Crippen LogP contribution in [0.5, 0.6) is 0 Å². The van der Waals surface area contributed by atoms with Crippen LogP contribution in [0.3, 0.4) is 0 Å². The summed E-state index contributed by atoms with van der Waals surface area (Å²) in [5.74, 6) is -2.62. The second kappa shape index (κ2) is 6.75. The van der Waals surface area contributed by atoms with Crippen LogP contribution in [0.15, 0.2) is 42.1 Å². The summed E-state index contributed by atoms with van der Waals surface area (Å²) >= 11 is 0. The van der Waals surface area contributed by atoms with Gasteiger partial charge in [0.1, 0.15) is 18.3 Å². The van der Waals surface area contributed by atoms with E-state index in [9.17, 15) is 19.5 Å². The number of allylic oxidation sites excluding steroid dienone is 1. The minimum atomic E-state index is -1.36. The van der Waals surface area contributed by atoms with Crippen LogP contribution < -0.4 is 0 Å². The maximum Gasteiger partial charge on any atom is 0.415 e. The van der Waals surface area contributed by atoms with Gasteiger partial charge in [-0.3, -0.25) is 4.90 Å². The van der Waals surface area contributed by atoms with Crippen LogP contribution in [0.25, 0.3) is 0 Å². The van der Waals surface area contributed by atoms with Gasteiger partial charge in [-0.15, -0.1) is 0 Å². The number of carboxylic acid groups (broad SMARTS) is 2. The quantitative estimate of drug-likeness (QED) is 0.879. The molecular weight excluding hydrogens is 290 g/mol. The van der Waals surface area contributed by atoms with Gasteiger partial charge in [-0.25, -0.2) is 14.4 Å². The molecule has 1 aromatic rings. The van der Waals surface area contributed by atoms with E-state index in [-0.39, 0.29) is 25.1 Å². The summed E-state index contributed by atoms with van der Waals surface area (Å²) in [6, 6.07) is 7.60. The Balaban J connectivity index is 2.15. The number of hydrogen-bond donors (Lipinski definition) is 2. The molecule has 7 nitrogen and oxygen atoms in total. The highest BCUT2D eigenvalue weighted by Gasteiger charge is 2.38. The van der Waals surface area contributed by atoms with Crippen molar-refractivity contribution in [3.05, 3.63) is 47.7 Å². The highest BCUT2D eigenvalue weighted by molar-refractivity contribution is 5.94. The largest absolute Gasteiger partial charge is 0.480 e. The van der Waals surface area contributed by atoms with E-state index in [2.05, 4.69) is 0 Å². The number of carbonyl (C=O) groups excluding carboxylic acids is 1. The van der Waals surface area contributed by atoms with Crippen molar-refractivity contribution < 1.29 is 29.3 Å². The average Bonchev–Trinajstić information content (AvgIpc) is 2.52. The van der Waals surface area contributed by atoms with Crippen molar-refractivity contribution in [2.24, 2.45) is 0 Å². The third-order valence-electron chi connectivity index (χ3n) is 3.26. The summed E-state index contributed by atoms with van der Waals surface area (Å²) in [5.41, 5.74) is 0.359. The number of carboxylic acids is 2. The standard InChI is InChI=1S/C15H15NO6/c17-13(18)11-7-4-8-12(14(19)20)16(11)15(21)22-9-10-5-2-1-3-6-10/h1-3,5-7,12H,4,8-9H2,(H,17,18)(H,19,20)/t12-/m0/s1. The van der Waals surface area contributed by atoms with Gasteiger partial charge in [0, 0.05) is 0 Å². The molecule has 116 valence electrons. The molecule has 0 radical (unpaired) electrons. The molecule has 0 unspecified atom stereocenters. The fourth-order valence-electron chi connectivity index (χ4n) is 2.21. The fourth-order valence-corrected chi connectivity index (χ4v) is 2.21. The minimum absolute atomic E-state index is 0.0601. The summed E-state index contributed by atoms with van der Waals surface area (Å²) in [5, 5.41) is 18.3. The van der Waals surface area contributed by atoms with Crippen LogP contribution >= 0.6 is 0 Å². The third kappa shape index (κ3) is 3.43. The van der Waals surface area contributed by atoms with Gasteiger partial charge in [0.25, 0.3) is 0 Å². The van der Waals surface area contributed by atoms with E-state index in [4.69, 9.17) is 9.84 Å². The molecule has 1 aromatic carbocycles. The predicted octanol–water partition coefficient (Wildman–Crippen LogP) is 1.84. The van der Waals surface area contributed by atoms with Crippen molar-refractivity contribution in [2.45, 2.75) is 25.5 Å². The summed E-state index contributed by atoms with van der Waals surface area (Å²) in [7, 11) is 0. The Morgan fingerprint density at radius 1 is 1.18 bits per heavy atom. The SMILES string of the molecule is O=C(O)C1=CCC[C@@H](C(=O)O)N1C(=O)OCc1ccccc1. The highest BCUT2D eigenvalue weighted by atomic mass is 16.6. The number of hydrogen-bond acceptors (Lipinski definition) is 4. The van der Waals surface area contributed by atoms with E-state index in [1.165, 1.54) is 6.08 Å². The molecule has 2 rings (SSSR count). The minimum Gasteiger partial charge on any atom is -0.480 e. The number of carbonyl (C=O) groups is 3. The molecule has 1 aliphatic heterocycles. The second-order valence-corrected chi connectivity index (χ2v) is 4.74. The summed E-state index contributed by atoms with van der Waals surface area (Å²) < 4.78 is 5.05. The smallest absolute Gasteiger partial charge is 0.415 e. The van der Waals surface area contributed by atoms with Gasteiger partial charge in [-0.05, 0) is 18.4 Å². The lowest BCUT2D eigenvalue weighted by molar-refractivity contribution is -0.143. The number of aliphatic carboxylic acids is 2.